The Bertz CT molecular complexity index is 756. The highest BCUT2D eigenvalue weighted by atomic mass is 16.5. The molecular weight excluding hydrogens is 344 g/mol. The monoisotopic (exact) mass is 368 g/mol. The summed E-state index contributed by atoms with van der Waals surface area (Å²) in [5.74, 6) is -0.197. The second-order valence-electron chi connectivity index (χ2n) is 6.65. The van der Waals surface area contributed by atoms with Gasteiger partial charge in [-0.25, -0.2) is 0 Å². The zero-order valence-corrected chi connectivity index (χ0v) is 15.1. The summed E-state index contributed by atoms with van der Waals surface area (Å²) in [5, 5.41) is 2.74. The first kappa shape index (κ1) is 18.9. The van der Waals surface area contributed by atoms with Crippen molar-refractivity contribution < 1.29 is 19.1 Å². The summed E-state index contributed by atoms with van der Waals surface area (Å²) in [4.78, 5) is 23.9. The molecule has 1 aliphatic rings. The molecule has 0 radical (unpaired) electrons. The van der Waals surface area contributed by atoms with E-state index in [0.29, 0.717) is 32.7 Å². The Labute approximate surface area is 158 Å². The van der Waals surface area contributed by atoms with Gasteiger partial charge in [0.2, 0.25) is 11.8 Å². The molecule has 2 amide bonds. The highest BCUT2D eigenvalue weighted by molar-refractivity contribution is 5.87. The summed E-state index contributed by atoms with van der Waals surface area (Å²) >= 11 is 0. The molecule has 1 aliphatic heterocycles. The first-order valence-electron chi connectivity index (χ1n) is 9.05. The number of nitrogens with two attached hydrogens (primary N) is 1. The first-order chi connectivity index (χ1) is 13.1. The van der Waals surface area contributed by atoms with Crippen LogP contribution in [0.3, 0.4) is 0 Å². The second-order valence-corrected chi connectivity index (χ2v) is 6.65. The van der Waals surface area contributed by atoms with Crippen molar-refractivity contribution >= 4 is 11.8 Å². The molecule has 1 heterocycles. The van der Waals surface area contributed by atoms with E-state index in [4.69, 9.17) is 15.2 Å². The Morgan fingerprint density at radius 3 is 2.48 bits per heavy atom. The van der Waals surface area contributed by atoms with E-state index in [0.717, 1.165) is 16.9 Å². The van der Waals surface area contributed by atoms with Gasteiger partial charge in [-0.1, -0.05) is 42.5 Å². The van der Waals surface area contributed by atoms with Gasteiger partial charge in [-0.15, -0.1) is 0 Å². The van der Waals surface area contributed by atoms with Crippen LogP contribution in [-0.2, 0) is 27.4 Å². The van der Waals surface area contributed by atoms with E-state index in [2.05, 4.69) is 5.32 Å². The van der Waals surface area contributed by atoms with Crippen molar-refractivity contribution in [3.8, 4) is 5.75 Å². The summed E-state index contributed by atoms with van der Waals surface area (Å²) < 4.78 is 11.0. The molecule has 3 N–H and O–H groups in total. The molecule has 2 atom stereocenters. The number of hydrogen-bond donors (Lipinski definition) is 2. The van der Waals surface area contributed by atoms with Crippen molar-refractivity contribution in [1.29, 1.82) is 0 Å². The van der Waals surface area contributed by atoms with E-state index in [-0.39, 0.29) is 11.8 Å². The van der Waals surface area contributed by atoms with Crippen LogP contribution in [0.25, 0.3) is 0 Å². The molecule has 27 heavy (non-hydrogen) atoms. The fourth-order valence-electron chi connectivity index (χ4n) is 2.95. The molecule has 0 unspecified atom stereocenters. The van der Waals surface area contributed by atoms with Gasteiger partial charge in [0, 0.05) is 13.0 Å². The Hall–Kier alpha value is -2.86. The van der Waals surface area contributed by atoms with Crippen LogP contribution in [0.4, 0.5) is 0 Å². The summed E-state index contributed by atoms with van der Waals surface area (Å²) in [6, 6.07) is 16.6. The Kier molecular flexibility index (Phi) is 6.44. The molecule has 142 valence electrons. The number of carbonyl (C=O) groups is 2. The lowest BCUT2D eigenvalue weighted by molar-refractivity contribution is -0.129. The Morgan fingerprint density at radius 1 is 1.11 bits per heavy atom. The molecule has 1 fully saturated rings. The molecule has 6 nitrogen and oxygen atoms in total. The average Bonchev–Trinajstić information content (AvgIpc) is 3.22. The Morgan fingerprint density at radius 2 is 1.85 bits per heavy atom. The predicted molar refractivity (Wildman–Crippen MR) is 101 cm³/mol. The topological polar surface area (TPSA) is 90.7 Å². The third kappa shape index (κ3) is 5.56. The number of nitrogens with one attached hydrogen (secondary N) is 1. The van der Waals surface area contributed by atoms with Gasteiger partial charge in [-0.2, -0.15) is 0 Å². The van der Waals surface area contributed by atoms with Crippen LogP contribution in [0.5, 0.6) is 5.75 Å². The maximum atomic E-state index is 12.2. The zero-order chi connectivity index (χ0) is 19.1. The van der Waals surface area contributed by atoms with E-state index in [9.17, 15) is 9.59 Å². The fourth-order valence-corrected chi connectivity index (χ4v) is 2.95. The maximum absolute atomic E-state index is 12.2. The maximum Gasteiger partial charge on any atom is 0.240 e. The molecule has 0 spiro atoms. The van der Waals surface area contributed by atoms with E-state index >= 15 is 0 Å². The van der Waals surface area contributed by atoms with Gasteiger partial charge in [0.05, 0.1) is 12.5 Å². The van der Waals surface area contributed by atoms with Gasteiger partial charge in [0.1, 0.15) is 18.4 Å². The van der Waals surface area contributed by atoms with Crippen LogP contribution in [0.15, 0.2) is 54.6 Å². The molecule has 2 aromatic carbocycles. The standard InChI is InChI=1S/C21H24N2O4/c22-20(24)19(23-21(25)17-10-11-26-14-17)12-15-6-8-18(9-7-15)27-13-16-4-2-1-3-5-16/h1-9,17,19H,10-14H2,(H2,22,24)(H,23,25)/t17-,19+/m1/s1. The van der Waals surface area contributed by atoms with Crippen LogP contribution in [0.2, 0.25) is 0 Å². The zero-order valence-electron chi connectivity index (χ0n) is 15.1. The highest BCUT2D eigenvalue weighted by Gasteiger charge is 2.27. The lowest BCUT2D eigenvalue weighted by atomic mass is 10.0. The molecule has 6 heteroatoms. The van der Waals surface area contributed by atoms with Gasteiger partial charge in [-0.3, -0.25) is 9.59 Å². The summed E-state index contributed by atoms with van der Waals surface area (Å²) in [6.07, 6.45) is 1.01. The quantitative estimate of drug-likeness (QED) is 0.744. The van der Waals surface area contributed by atoms with Crippen molar-refractivity contribution in [2.75, 3.05) is 13.2 Å². The van der Waals surface area contributed by atoms with Crippen molar-refractivity contribution in [3.05, 3.63) is 65.7 Å². The Balaban J connectivity index is 1.54. The minimum absolute atomic E-state index is 0.181. The van der Waals surface area contributed by atoms with Crippen LogP contribution in [0, 0.1) is 5.92 Å². The van der Waals surface area contributed by atoms with Gasteiger partial charge in [0.15, 0.2) is 0 Å². The number of benzene rings is 2. The normalized spacial score (nSPS) is 17.3. The number of primary amides is 1. The smallest absolute Gasteiger partial charge is 0.240 e. The molecule has 3 rings (SSSR count). The molecule has 0 aromatic heterocycles. The van der Waals surface area contributed by atoms with Crippen molar-refractivity contribution in [1.82, 2.24) is 5.32 Å². The lowest BCUT2D eigenvalue weighted by Gasteiger charge is -2.18. The van der Waals surface area contributed by atoms with Gasteiger partial charge < -0.3 is 20.5 Å². The molecule has 0 bridgehead atoms. The first-order valence-corrected chi connectivity index (χ1v) is 9.05. The average molecular weight is 368 g/mol. The summed E-state index contributed by atoms with van der Waals surface area (Å²) in [7, 11) is 0. The predicted octanol–water partition coefficient (Wildman–Crippen LogP) is 1.81. The van der Waals surface area contributed by atoms with E-state index in [1.54, 1.807) is 0 Å². The van der Waals surface area contributed by atoms with Crippen molar-refractivity contribution in [2.24, 2.45) is 11.7 Å². The highest BCUT2D eigenvalue weighted by Crippen LogP contribution is 2.16. The van der Waals surface area contributed by atoms with Crippen molar-refractivity contribution in [3.63, 3.8) is 0 Å². The molecule has 0 saturated carbocycles. The molecule has 2 aromatic rings. The summed E-state index contributed by atoms with van der Waals surface area (Å²) in [6.45, 7) is 1.46. The van der Waals surface area contributed by atoms with Gasteiger partial charge in [0.25, 0.3) is 0 Å². The minimum Gasteiger partial charge on any atom is -0.489 e. The third-order valence-electron chi connectivity index (χ3n) is 4.57. The largest absolute Gasteiger partial charge is 0.489 e. The number of carbonyl (C=O) groups excluding carboxylic acids is 2. The molecular formula is C21H24N2O4. The fraction of sp³-hybridized carbons (Fsp3) is 0.333. The van der Waals surface area contributed by atoms with Crippen LogP contribution in [0.1, 0.15) is 17.5 Å². The number of rotatable bonds is 8. The SMILES string of the molecule is NC(=O)[C@H](Cc1ccc(OCc2ccccc2)cc1)NC(=O)[C@@H]1CCOC1. The molecule has 1 saturated heterocycles. The number of ether oxygens (including phenoxy) is 2. The lowest BCUT2D eigenvalue weighted by Crippen LogP contribution is -2.48. The summed E-state index contributed by atoms with van der Waals surface area (Å²) in [5.41, 5.74) is 7.45. The van der Waals surface area contributed by atoms with Gasteiger partial charge in [-0.05, 0) is 29.7 Å². The van der Waals surface area contributed by atoms with E-state index < -0.39 is 11.9 Å². The number of amides is 2. The minimum atomic E-state index is -0.741. The van der Waals surface area contributed by atoms with Gasteiger partial charge >= 0.3 is 0 Å². The van der Waals surface area contributed by atoms with E-state index in [1.165, 1.54) is 0 Å². The van der Waals surface area contributed by atoms with Crippen molar-refractivity contribution in [2.45, 2.75) is 25.5 Å². The third-order valence-corrected chi connectivity index (χ3v) is 4.57. The van der Waals surface area contributed by atoms with Crippen LogP contribution in [-0.4, -0.2) is 31.1 Å². The van der Waals surface area contributed by atoms with E-state index in [1.807, 2.05) is 54.6 Å². The molecule has 0 aliphatic carbocycles. The second kappa shape index (κ2) is 9.19. The van der Waals surface area contributed by atoms with Crippen LogP contribution < -0.4 is 15.8 Å². The number of hydrogen-bond acceptors (Lipinski definition) is 4. The van der Waals surface area contributed by atoms with Crippen LogP contribution >= 0.6 is 0 Å².